The quantitative estimate of drug-likeness (QED) is 0.673. The maximum atomic E-state index is 13.1. The van der Waals surface area contributed by atoms with Crippen molar-refractivity contribution in [1.82, 2.24) is 24.5 Å². The smallest absolute Gasteiger partial charge is 0.271 e. The Morgan fingerprint density at radius 2 is 1.83 bits per heavy atom. The molecule has 1 atom stereocenters. The van der Waals surface area contributed by atoms with Crippen molar-refractivity contribution in [3.63, 3.8) is 0 Å². The molecular formula is C23H29N5O. The third-order valence-electron chi connectivity index (χ3n) is 5.53. The number of benzene rings is 1. The Balaban J connectivity index is 1.56. The molecule has 0 saturated carbocycles. The van der Waals surface area contributed by atoms with Crippen molar-refractivity contribution in [2.45, 2.75) is 25.4 Å². The van der Waals surface area contributed by atoms with Gasteiger partial charge in [-0.3, -0.25) is 9.69 Å². The molecule has 1 N–H and O–H groups in total. The number of nitrogens with zero attached hydrogens (tertiary/aromatic N) is 4. The van der Waals surface area contributed by atoms with Gasteiger partial charge in [-0.1, -0.05) is 36.4 Å². The number of aromatic nitrogens is 2. The van der Waals surface area contributed by atoms with Gasteiger partial charge in [-0.25, -0.2) is 4.98 Å². The highest BCUT2D eigenvalue weighted by Gasteiger charge is 2.25. The number of carbonyl (C=O) groups excluding carboxylic acids is 1. The molecule has 1 unspecified atom stereocenters. The zero-order valence-electron chi connectivity index (χ0n) is 17.2. The second kappa shape index (κ2) is 8.76. The molecule has 0 aliphatic carbocycles. The molecule has 6 nitrogen and oxygen atoms in total. The standard InChI is InChI=1S/C23H29N5O/c1-26(2)17-20-22(25-21-12-6-7-15-28(20)21)23(29)24-16-19(27-13-8-9-14-27)18-10-4-3-5-11-18/h3-7,10-12,15,19H,8-9,13-14,16-17H2,1-2H3,(H,24,29). The first kappa shape index (κ1) is 19.6. The highest BCUT2D eigenvalue weighted by Crippen LogP contribution is 2.24. The van der Waals surface area contributed by atoms with E-state index in [2.05, 4.69) is 44.4 Å². The van der Waals surface area contributed by atoms with Crippen LogP contribution in [0.15, 0.2) is 54.7 Å². The van der Waals surface area contributed by atoms with E-state index < -0.39 is 0 Å². The Morgan fingerprint density at radius 3 is 2.55 bits per heavy atom. The fourth-order valence-corrected chi connectivity index (χ4v) is 4.14. The summed E-state index contributed by atoms with van der Waals surface area (Å²) in [5.74, 6) is -0.106. The van der Waals surface area contributed by atoms with Crippen LogP contribution in [0.25, 0.3) is 5.65 Å². The Morgan fingerprint density at radius 1 is 1.10 bits per heavy atom. The molecule has 0 spiro atoms. The van der Waals surface area contributed by atoms with Gasteiger partial charge >= 0.3 is 0 Å². The Kier molecular flexibility index (Phi) is 5.92. The van der Waals surface area contributed by atoms with Gasteiger partial charge in [-0.15, -0.1) is 0 Å². The van der Waals surface area contributed by atoms with E-state index in [4.69, 9.17) is 0 Å². The topological polar surface area (TPSA) is 52.9 Å². The van der Waals surface area contributed by atoms with Crippen LogP contribution in [-0.4, -0.2) is 58.8 Å². The van der Waals surface area contributed by atoms with Crippen LogP contribution >= 0.6 is 0 Å². The SMILES string of the molecule is CN(C)Cc1c(C(=O)NCC(c2ccccc2)N2CCCC2)nc2ccccn12. The monoisotopic (exact) mass is 391 g/mol. The fourth-order valence-electron chi connectivity index (χ4n) is 4.14. The van der Waals surface area contributed by atoms with Gasteiger partial charge in [0, 0.05) is 19.3 Å². The summed E-state index contributed by atoms with van der Waals surface area (Å²) in [7, 11) is 4.01. The average Bonchev–Trinajstić information content (AvgIpc) is 3.37. The number of imidazole rings is 1. The molecule has 2 aromatic heterocycles. The second-order valence-corrected chi connectivity index (χ2v) is 7.95. The van der Waals surface area contributed by atoms with Crippen LogP contribution in [0.4, 0.5) is 0 Å². The van der Waals surface area contributed by atoms with Gasteiger partial charge in [0.1, 0.15) is 5.65 Å². The van der Waals surface area contributed by atoms with Crippen molar-refractivity contribution >= 4 is 11.6 Å². The van der Waals surface area contributed by atoms with Crippen molar-refractivity contribution in [1.29, 1.82) is 0 Å². The van der Waals surface area contributed by atoms with Gasteiger partial charge < -0.3 is 14.6 Å². The van der Waals surface area contributed by atoms with E-state index in [1.165, 1.54) is 18.4 Å². The number of likely N-dealkylation sites (tertiary alicyclic amines) is 1. The van der Waals surface area contributed by atoms with E-state index in [0.717, 1.165) is 24.4 Å². The predicted octanol–water partition coefficient (Wildman–Crippen LogP) is 2.96. The molecule has 1 aliphatic heterocycles. The summed E-state index contributed by atoms with van der Waals surface area (Å²) in [6.45, 7) is 3.39. The number of hydrogen-bond acceptors (Lipinski definition) is 4. The summed E-state index contributed by atoms with van der Waals surface area (Å²) in [6.07, 6.45) is 4.41. The first-order valence-electron chi connectivity index (χ1n) is 10.3. The lowest BCUT2D eigenvalue weighted by Crippen LogP contribution is -2.37. The minimum absolute atomic E-state index is 0.106. The summed E-state index contributed by atoms with van der Waals surface area (Å²) in [6, 6.07) is 16.5. The third kappa shape index (κ3) is 4.33. The van der Waals surface area contributed by atoms with Crippen LogP contribution in [0.2, 0.25) is 0 Å². The van der Waals surface area contributed by atoms with Crippen molar-refractivity contribution in [2.75, 3.05) is 33.7 Å². The first-order chi connectivity index (χ1) is 14.1. The van der Waals surface area contributed by atoms with Crippen LogP contribution in [0, 0.1) is 0 Å². The van der Waals surface area contributed by atoms with Gasteiger partial charge in [-0.2, -0.15) is 0 Å². The van der Waals surface area contributed by atoms with Crippen LogP contribution in [-0.2, 0) is 6.54 Å². The molecule has 1 saturated heterocycles. The number of hydrogen-bond donors (Lipinski definition) is 1. The van der Waals surface area contributed by atoms with Crippen molar-refractivity contribution in [2.24, 2.45) is 0 Å². The highest BCUT2D eigenvalue weighted by atomic mass is 16.1. The molecule has 0 bridgehead atoms. The van der Waals surface area contributed by atoms with Gasteiger partial charge in [0.25, 0.3) is 5.91 Å². The third-order valence-corrected chi connectivity index (χ3v) is 5.53. The predicted molar refractivity (Wildman–Crippen MR) is 115 cm³/mol. The minimum Gasteiger partial charge on any atom is -0.349 e. The molecule has 4 rings (SSSR count). The van der Waals surface area contributed by atoms with Crippen LogP contribution < -0.4 is 5.32 Å². The maximum Gasteiger partial charge on any atom is 0.271 e. The summed E-state index contributed by atoms with van der Waals surface area (Å²) in [4.78, 5) is 22.3. The lowest BCUT2D eigenvalue weighted by Gasteiger charge is -2.28. The van der Waals surface area contributed by atoms with Crippen LogP contribution in [0.5, 0.6) is 0 Å². The van der Waals surface area contributed by atoms with E-state index in [-0.39, 0.29) is 11.9 Å². The lowest BCUT2D eigenvalue weighted by atomic mass is 10.1. The van der Waals surface area contributed by atoms with E-state index >= 15 is 0 Å². The molecular weight excluding hydrogens is 362 g/mol. The van der Waals surface area contributed by atoms with Crippen LogP contribution in [0.3, 0.4) is 0 Å². The van der Waals surface area contributed by atoms with Gasteiger partial charge in [0.15, 0.2) is 5.69 Å². The summed E-state index contributed by atoms with van der Waals surface area (Å²) in [5.41, 5.74) is 3.48. The molecule has 1 fully saturated rings. The van der Waals surface area contributed by atoms with Crippen molar-refractivity contribution < 1.29 is 4.79 Å². The largest absolute Gasteiger partial charge is 0.349 e. The number of carbonyl (C=O) groups is 1. The van der Waals surface area contributed by atoms with E-state index in [1.54, 1.807) is 0 Å². The minimum atomic E-state index is -0.106. The van der Waals surface area contributed by atoms with Gasteiger partial charge in [0.2, 0.25) is 0 Å². The summed E-state index contributed by atoms with van der Waals surface area (Å²) < 4.78 is 2.00. The molecule has 6 heteroatoms. The molecule has 152 valence electrons. The summed E-state index contributed by atoms with van der Waals surface area (Å²) in [5, 5.41) is 3.17. The highest BCUT2D eigenvalue weighted by molar-refractivity contribution is 5.94. The second-order valence-electron chi connectivity index (χ2n) is 7.95. The Bertz CT molecular complexity index is 960. The number of fused-ring (bicyclic) bond motifs is 1. The zero-order valence-corrected chi connectivity index (χ0v) is 17.2. The molecule has 0 radical (unpaired) electrons. The van der Waals surface area contributed by atoms with Gasteiger partial charge in [-0.05, 0) is 57.7 Å². The van der Waals surface area contributed by atoms with Crippen LogP contribution in [0.1, 0.15) is 40.6 Å². The van der Waals surface area contributed by atoms with E-state index in [9.17, 15) is 4.79 Å². The summed E-state index contributed by atoms with van der Waals surface area (Å²) >= 11 is 0. The van der Waals surface area contributed by atoms with Crippen molar-refractivity contribution in [3.8, 4) is 0 Å². The number of pyridine rings is 1. The Hall–Kier alpha value is -2.70. The van der Waals surface area contributed by atoms with E-state index in [1.807, 2.05) is 49.0 Å². The number of rotatable bonds is 7. The molecule has 1 aromatic carbocycles. The Labute approximate surface area is 172 Å². The molecule has 29 heavy (non-hydrogen) atoms. The number of amides is 1. The normalized spacial score (nSPS) is 15.8. The van der Waals surface area contributed by atoms with E-state index in [0.29, 0.717) is 18.8 Å². The molecule has 1 aliphatic rings. The average molecular weight is 392 g/mol. The first-order valence-corrected chi connectivity index (χ1v) is 10.3. The molecule has 3 heterocycles. The number of nitrogens with one attached hydrogen (secondary N) is 1. The lowest BCUT2D eigenvalue weighted by molar-refractivity contribution is 0.0931. The van der Waals surface area contributed by atoms with Gasteiger partial charge in [0.05, 0.1) is 11.7 Å². The maximum absolute atomic E-state index is 13.1. The zero-order chi connectivity index (χ0) is 20.2. The molecule has 3 aromatic rings. The fraction of sp³-hybridized carbons (Fsp3) is 0.391. The van der Waals surface area contributed by atoms with Crippen molar-refractivity contribution in [3.05, 3.63) is 71.7 Å². The molecule has 1 amide bonds.